The number of hydrogen-bond donors (Lipinski definition) is 1. The predicted octanol–water partition coefficient (Wildman–Crippen LogP) is 1.70. The lowest BCUT2D eigenvalue weighted by atomic mass is 9.98. The Bertz CT molecular complexity index is 540. The number of ether oxygens (including phenoxy) is 1. The van der Waals surface area contributed by atoms with Crippen molar-refractivity contribution in [1.82, 2.24) is 15.2 Å². The molecule has 2 aliphatic heterocycles. The lowest BCUT2D eigenvalue weighted by molar-refractivity contribution is 0.0404. The van der Waals surface area contributed by atoms with Crippen molar-refractivity contribution in [3.05, 3.63) is 30.1 Å². The number of carbonyl (C=O) groups is 1. The number of hydrogen-bond acceptors (Lipinski definition) is 4. The zero-order valence-electron chi connectivity index (χ0n) is 13.5. The molecule has 1 aliphatic carbocycles. The van der Waals surface area contributed by atoms with Gasteiger partial charge in [-0.1, -0.05) is 0 Å². The average molecular weight is 315 g/mol. The van der Waals surface area contributed by atoms with Crippen molar-refractivity contribution >= 4 is 5.91 Å². The highest BCUT2D eigenvalue weighted by molar-refractivity contribution is 5.94. The first-order valence-corrected chi connectivity index (χ1v) is 8.84. The Kier molecular flexibility index (Phi) is 4.31. The van der Waals surface area contributed by atoms with Gasteiger partial charge in [-0.3, -0.25) is 14.7 Å². The van der Waals surface area contributed by atoms with Gasteiger partial charge in [0.2, 0.25) is 0 Å². The number of pyridine rings is 1. The zero-order valence-corrected chi connectivity index (χ0v) is 13.5. The molecule has 5 nitrogen and oxygen atoms in total. The van der Waals surface area contributed by atoms with Crippen molar-refractivity contribution < 1.29 is 9.53 Å². The van der Waals surface area contributed by atoms with Crippen molar-refractivity contribution in [2.75, 3.05) is 26.3 Å². The first-order valence-electron chi connectivity index (χ1n) is 8.84. The largest absolute Gasteiger partial charge is 0.381 e. The summed E-state index contributed by atoms with van der Waals surface area (Å²) in [6, 6.07) is 4.48. The molecular formula is C18H25N3O2. The van der Waals surface area contributed by atoms with E-state index in [2.05, 4.69) is 15.2 Å². The molecule has 2 atom stereocenters. The maximum Gasteiger partial charge on any atom is 0.251 e. The number of amides is 1. The summed E-state index contributed by atoms with van der Waals surface area (Å²) >= 11 is 0. The lowest BCUT2D eigenvalue weighted by Gasteiger charge is -2.31. The van der Waals surface area contributed by atoms with Crippen LogP contribution >= 0.6 is 0 Å². The van der Waals surface area contributed by atoms with Gasteiger partial charge in [0, 0.05) is 56.3 Å². The second-order valence-corrected chi connectivity index (χ2v) is 7.11. The normalized spacial score (nSPS) is 29.6. The second-order valence-electron chi connectivity index (χ2n) is 7.11. The zero-order chi connectivity index (χ0) is 15.6. The fraction of sp³-hybridized carbons (Fsp3) is 0.667. The second kappa shape index (κ2) is 6.57. The molecule has 1 aromatic heterocycles. The molecule has 23 heavy (non-hydrogen) atoms. The summed E-state index contributed by atoms with van der Waals surface area (Å²) in [5, 5.41) is 3.30. The van der Waals surface area contributed by atoms with Crippen LogP contribution in [0.1, 0.15) is 36.0 Å². The number of nitrogens with one attached hydrogen (secondary N) is 1. The summed E-state index contributed by atoms with van der Waals surface area (Å²) in [6.45, 7) is 3.88. The van der Waals surface area contributed by atoms with Gasteiger partial charge in [-0.25, -0.2) is 0 Å². The number of aromatic nitrogens is 1. The van der Waals surface area contributed by atoms with E-state index in [1.807, 2.05) is 0 Å². The quantitative estimate of drug-likeness (QED) is 0.919. The molecule has 124 valence electrons. The van der Waals surface area contributed by atoms with Crippen molar-refractivity contribution in [1.29, 1.82) is 0 Å². The smallest absolute Gasteiger partial charge is 0.251 e. The summed E-state index contributed by atoms with van der Waals surface area (Å²) in [7, 11) is 0. The molecule has 1 saturated carbocycles. The average Bonchev–Trinajstić information content (AvgIpc) is 3.37. The Hall–Kier alpha value is -1.46. The summed E-state index contributed by atoms with van der Waals surface area (Å²) < 4.78 is 5.49. The minimum atomic E-state index is 0.0388. The maximum atomic E-state index is 12.5. The summed E-state index contributed by atoms with van der Waals surface area (Å²) in [5.74, 6) is 1.46. The van der Waals surface area contributed by atoms with Crippen molar-refractivity contribution in [3.8, 4) is 0 Å². The van der Waals surface area contributed by atoms with Crippen LogP contribution in [0.2, 0.25) is 0 Å². The van der Waals surface area contributed by atoms with Crippen LogP contribution in [-0.4, -0.2) is 54.2 Å². The van der Waals surface area contributed by atoms with Crippen LogP contribution in [0.15, 0.2) is 24.5 Å². The maximum absolute atomic E-state index is 12.5. The van der Waals surface area contributed by atoms with Gasteiger partial charge in [0.25, 0.3) is 5.91 Å². The molecule has 2 saturated heterocycles. The van der Waals surface area contributed by atoms with E-state index in [1.54, 1.807) is 24.5 Å². The van der Waals surface area contributed by atoms with Crippen molar-refractivity contribution in [3.63, 3.8) is 0 Å². The Labute approximate surface area is 137 Å². The standard InChI is InChI=1S/C18H25N3O2/c22-18(14-3-7-19-8-4-14)20-17-12-21(11-16(17)13-1-2-13)15-5-9-23-10-6-15/h3-4,7-8,13,15-17H,1-2,5-6,9-12H2,(H,20,22). The molecule has 3 fully saturated rings. The molecule has 0 aromatic carbocycles. The van der Waals surface area contributed by atoms with E-state index in [9.17, 15) is 4.79 Å². The van der Waals surface area contributed by atoms with E-state index < -0.39 is 0 Å². The molecule has 4 rings (SSSR count). The van der Waals surface area contributed by atoms with E-state index in [1.165, 1.54) is 12.8 Å². The monoisotopic (exact) mass is 315 g/mol. The van der Waals surface area contributed by atoms with Crippen LogP contribution in [0, 0.1) is 11.8 Å². The Morgan fingerprint density at radius 2 is 1.87 bits per heavy atom. The van der Waals surface area contributed by atoms with Crippen LogP contribution in [-0.2, 0) is 4.74 Å². The number of nitrogens with zero attached hydrogens (tertiary/aromatic N) is 2. The van der Waals surface area contributed by atoms with E-state index >= 15 is 0 Å². The molecule has 1 N–H and O–H groups in total. The molecule has 3 aliphatic rings. The molecular weight excluding hydrogens is 290 g/mol. The van der Waals surface area contributed by atoms with Crippen molar-refractivity contribution in [2.45, 2.75) is 37.8 Å². The van der Waals surface area contributed by atoms with Gasteiger partial charge in [0.1, 0.15) is 0 Å². The molecule has 0 spiro atoms. The molecule has 1 aromatic rings. The highest BCUT2D eigenvalue weighted by Gasteiger charge is 2.44. The van der Waals surface area contributed by atoms with Gasteiger partial charge >= 0.3 is 0 Å². The Morgan fingerprint density at radius 1 is 1.13 bits per heavy atom. The fourth-order valence-electron chi connectivity index (χ4n) is 4.12. The summed E-state index contributed by atoms with van der Waals surface area (Å²) in [4.78, 5) is 19.1. The van der Waals surface area contributed by atoms with Crippen molar-refractivity contribution in [2.24, 2.45) is 11.8 Å². The SMILES string of the molecule is O=C(NC1CN(C2CCOCC2)CC1C1CC1)c1ccncc1. The third-order valence-electron chi connectivity index (χ3n) is 5.59. The van der Waals surface area contributed by atoms with Gasteiger partial charge in [0.15, 0.2) is 0 Å². The molecule has 1 amide bonds. The van der Waals surface area contributed by atoms with E-state index in [-0.39, 0.29) is 11.9 Å². The van der Waals surface area contributed by atoms with Crippen LogP contribution in [0.25, 0.3) is 0 Å². The number of likely N-dealkylation sites (tertiary alicyclic amines) is 1. The van der Waals surface area contributed by atoms with Crippen LogP contribution < -0.4 is 5.32 Å². The van der Waals surface area contributed by atoms with Crippen LogP contribution in [0.5, 0.6) is 0 Å². The summed E-state index contributed by atoms with van der Waals surface area (Å²) in [5.41, 5.74) is 0.707. The van der Waals surface area contributed by atoms with Gasteiger partial charge < -0.3 is 10.1 Å². The molecule has 3 heterocycles. The lowest BCUT2D eigenvalue weighted by Crippen LogP contribution is -2.43. The summed E-state index contributed by atoms with van der Waals surface area (Å²) in [6.07, 6.45) is 8.26. The van der Waals surface area contributed by atoms with Gasteiger partial charge in [-0.15, -0.1) is 0 Å². The van der Waals surface area contributed by atoms with Gasteiger partial charge in [0.05, 0.1) is 0 Å². The van der Waals surface area contributed by atoms with E-state index in [0.29, 0.717) is 17.5 Å². The van der Waals surface area contributed by atoms with E-state index in [4.69, 9.17) is 4.74 Å². The third-order valence-corrected chi connectivity index (χ3v) is 5.59. The molecule has 2 unspecified atom stereocenters. The van der Waals surface area contributed by atoms with Crippen LogP contribution in [0.3, 0.4) is 0 Å². The molecule has 0 bridgehead atoms. The van der Waals surface area contributed by atoms with Gasteiger partial charge in [-0.2, -0.15) is 0 Å². The highest BCUT2D eigenvalue weighted by Crippen LogP contribution is 2.42. The minimum absolute atomic E-state index is 0.0388. The Morgan fingerprint density at radius 3 is 2.57 bits per heavy atom. The first kappa shape index (κ1) is 15.1. The third kappa shape index (κ3) is 3.40. The fourth-order valence-corrected chi connectivity index (χ4v) is 4.12. The number of carbonyl (C=O) groups excluding carboxylic acids is 1. The van der Waals surface area contributed by atoms with Gasteiger partial charge in [-0.05, 0) is 49.7 Å². The van der Waals surface area contributed by atoms with E-state index in [0.717, 1.165) is 45.1 Å². The topological polar surface area (TPSA) is 54.5 Å². The van der Waals surface area contributed by atoms with Crippen LogP contribution in [0.4, 0.5) is 0 Å². The number of rotatable bonds is 4. The highest BCUT2D eigenvalue weighted by atomic mass is 16.5. The molecule has 0 radical (unpaired) electrons. The Balaban J connectivity index is 1.42. The molecule has 5 heteroatoms. The minimum Gasteiger partial charge on any atom is -0.381 e. The predicted molar refractivity (Wildman–Crippen MR) is 87.1 cm³/mol. The first-order chi connectivity index (χ1) is 11.3.